The lowest BCUT2D eigenvalue weighted by molar-refractivity contribution is 0.330. The lowest BCUT2D eigenvalue weighted by Crippen LogP contribution is -2.18. The summed E-state index contributed by atoms with van der Waals surface area (Å²) in [6.45, 7) is 1.86. The Bertz CT molecular complexity index is 344. The molecule has 3 N–H and O–H groups in total. The van der Waals surface area contributed by atoms with Crippen molar-refractivity contribution in [3.05, 3.63) is 11.7 Å². The van der Waals surface area contributed by atoms with Gasteiger partial charge in [0.1, 0.15) is 0 Å². The zero-order valence-electron chi connectivity index (χ0n) is 8.51. The third-order valence-electron chi connectivity index (χ3n) is 3.04. The van der Waals surface area contributed by atoms with Gasteiger partial charge < -0.3 is 15.6 Å². The smallest absolute Gasteiger partial charge is 0.243 e. The molecule has 6 heteroatoms. The molecule has 0 radical (unpaired) electrons. The van der Waals surface area contributed by atoms with E-state index in [0.29, 0.717) is 17.8 Å². The second-order valence-electron chi connectivity index (χ2n) is 4.34. The second kappa shape index (κ2) is 3.73. The third-order valence-corrected chi connectivity index (χ3v) is 3.04. The van der Waals surface area contributed by atoms with Crippen LogP contribution in [0.5, 0.6) is 0 Å². The highest BCUT2D eigenvalue weighted by Gasteiger charge is 2.47. The lowest BCUT2D eigenvalue weighted by Gasteiger charge is -2.06. The summed E-state index contributed by atoms with van der Waals surface area (Å²) in [5.74, 6) is 2.14. The molecule has 2 fully saturated rings. The summed E-state index contributed by atoms with van der Waals surface area (Å²) in [6, 6.07) is 0.813. The number of rotatable bonds is 2. The van der Waals surface area contributed by atoms with Crippen molar-refractivity contribution in [2.75, 3.05) is 0 Å². The summed E-state index contributed by atoms with van der Waals surface area (Å²) in [5, 5.41) is 7.31. The molecule has 2 aliphatic rings. The van der Waals surface area contributed by atoms with Crippen molar-refractivity contribution < 1.29 is 4.52 Å². The van der Waals surface area contributed by atoms with Crippen molar-refractivity contribution in [1.29, 1.82) is 0 Å². The van der Waals surface area contributed by atoms with Gasteiger partial charge in [0.05, 0.1) is 12.1 Å². The number of hydrogen-bond donors (Lipinski definition) is 2. The van der Waals surface area contributed by atoms with E-state index in [2.05, 4.69) is 15.5 Å². The Balaban J connectivity index is 0.000000853. The van der Waals surface area contributed by atoms with Crippen LogP contribution in [0.3, 0.4) is 0 Å². The Kier molecular flexibility index (Phi) is 2.70. The van der Waals surface area contributed by atoms with Crippen LogP contribution in [-0.2, 0) is 0 Å². The summed E-state index contributed by atoms with van der Waals surface area (Å²) in [5.41, 5.74) is 5.66. The van der Waals surface area contributed by atoms with Crippen molar-refractivity contribution in [1.82, 2.24) is 15.5 Å². The van der Waals surface area contributed by atoms with Crippen molar-refractivity contribution in [3.63, 3.8) is 0 Å². The van der Waals surface area contributed by atoms with Crippen LogP contribution in [0.1, 0.15) is 43.6 Å². The minimum absolute atomic E-state index is 0. The summed E-state index contributed by atoms with van der Waals surface area (Å²) in [7, 11) is 0. The van der Waals surface area contributed by atoms with E-state index >= 15 is 0 Å². The zero-order valence-corrected chi connectivity index (χ0v) is 9.33. The fraction of sp³-hybridized carbons (Fsp3) is 0.778. The summed E-state index contributed by atoms with van der Waals surface area (Å²) >= 11 is 0. The van der Waals surface area contributed by atoms with Gasteiger partial charge in [-0.15, -0.1) is 12.4 Å². The molecule has 0 aromatic carbocycles. The summed E-state index contributed by atoms with van der Waals surface area (Å²) in [6.07, 6.45) is 2.44. The standard InChI is InChI=1S/C9H14N4O.ClH/c1-4(10)8-12-9(14-13-8)7-3-5-2-6(5)11-7;/h4-7,11H,2-3,10H2,1H3;1H/t4?,5-,6-,7-;/m0./s1. The van der Waals surface area contributed by atoms with Crippen LogP contribution in [0, 0.1) is 5.92 Å². The molecule has 4 atom stereocenters. The number of aromatic nitrogens is 2. The molecule has 5 nitrogen and oxygen atoms in total. The molecule has 15 heavy (non-hydrogen) atoms. The number of nitrogens with two attached hydrogens (primary N) is 1. The van der Waals surface area contributed by atoms with Crippen LogP contribution < -0.4 is 11.1 Å². The van der Waals surface area contributed by atoms with E-state index in [9.17, 15) is 0 Å². The Hall–Kier alpha value is -0.650. The number of fused-ring (bicyclic) bond motifs is 1. The number of halogens is 1. The molecule has 1 saturated heterocycles. The van der Waals surface area contributed by atoms with Gasteiger partial charge in [0.15, 0.2) is 5.82 Å². The van der Waals surface area contributed by atoms with Gasteiger partial charge in [-0.25, -0.2) is 0 Å². The van der Waals surface area contributed by atoms with Gasteiger partial charge >= 0.3 is 0 Å². The minimum atomic E-state index is -0.150. The largest absolute Gasteiger partial charge is 0.338 e. The Morgan fingerprint density at radius 2 is 2.33 bits per heavy atom. The SMILES string of the molecule is CC(N)c1noc([C@@H]2C[C@@H]3C[C@@H]3N2)n1.Cl. The van der Waals surface area contributed by atoms with Crippen LogP contribution >= 0.6 is 12.4 Å². The zero-order chi connectivity index (χ0) is 9.71. The normalized spacial score (nSPS) is 34.4. The summed E-state index contributed by atoms with van der Waals surface area (Å²) < 4.78 is 5.18. The fourth-order valence-electron chi connectivity index (χ4n) is 2.09. The molecular weight excluding hydrogens is 216 g/mol. The summed E-state index contributed by atoms with van der Waals surface area (Å²) in [4.78, 5) is 4.28. The van der Waals surface area contributed by atoms with Gasteiger partial charge in [-0.3, -0.25) is 0 Å². The van der Waals surface area contributed by atoms with Crippen molar-refractivity contribution in [2.45, 2.75) is 37.9 Å². The molecule has 0 amide bonds. The molecule has 1 unspecified atom stereocenters. The molecule has 84 valence electrons. The van der Waals surface area contributed by atoms with Gasteiger partial charge in [-0.2, -0.15) is 4.98 Å². The second-order valence-corrected chi connectivity index (χ2v) is 4.34. The Morgan fingerprint density at radius 1 is 1.53 bits per heavy atom. The molecular formula is C9H15ClN4O. The van der Waals surface area contributed by atoms with E-state index in [4.69, 9.17) is 10.3 Å². The van der Waals surface area contributed by atoms with Crippen molar-refractivity contribution >= 4 is 12.4 Å². The highest BCUT2D eigenvalue weighted by Crippen LogP contribution is 2.45. The van der Waals surface area contributed by atoms with E-state index in [-0.39, 0.29) is 24.5 Å². The average molecular weight is 231 g/mol. The molecule has 1 aliphatic carbocycles. The van der Waals surface area contributed by atoms with Gasteiger partial charge in [-0.1, -0.05) is 5.16 Å². The number of hydrogen-bond acceptors (Lipinski definition) is 5. The first-order valence-corrected chi connectivity index (χ1v) is 5.09. The van der Waals surface area contributed by atoms with E-state index < -0.39 is 0 Å². The third kappa shape index (κ3) is 1.87. The van der Waals surface area contributed by atoms with Crippen LogP contribution in [0.2, 0.25) is 0 Å². The van der Waals surface area contributed by atoms with Gasteiger partial charge in [0, 0.05) is 6.04 Å². The van der Waals surface area contributed by atoms with E-state index in [0.717, 1.165) is 12.3 Å². The predicted molar refractivity (Wildman–Crippen MR) is 56.5 cm³/mol. The number of nitrogens with one attached hydrogen (secondary N) is 1. The average Bonchev–Trinajstić information content (AvgIpc) is 2.69. The minimum Gasteiger partial charge on any atom is -0.338 e. The van der Waals surface area contributed by atoms with Crippen molar-refractivity contribution in [2.24, 2.45) is 11.7 Å². The molecule has 1 aliphatic heterocycles. The van der Waals surface area contributed by atoms with Crippen LogP contribution in [-0.4, -0.2) is 16.2 Å². The number of nitrogens with zero attached hydrogens (tertiary/aromatic N) is 2. The maximum absolute atomic E-state index is 5.66. The molecule has 2 heterocycles. The maximum atomic E-state index is 5.66. The first-order valence-electron chi connectivity index (χ1n) is 5.09. The van der Waals surface area contributed by atoms with Gasteiger partial charge in [0.25, 0.3) is 0 Å². The molecule has 1 aromatic heterocycles. The quantitative estimate of drug-likeness (QED) is 0.791. The monoisotopic (exact) mass is 230 g/mol. The molecule has 3 rings (SSSR count). The lowest BCUT2D eigenvalue weighted by atomic mass is 10.2. The predicted octanol–water partition coefficient (Wildman–Crippen LogP) is 0.934. The van der Waals surface area contributed by atoms with Crippen LogP contribution in [0.15, 0.2) is 4.52 Å². The molecule has 1 aromatic rings. The van der Waals surface area contributed by atoms with Crippen LogP contribution in [0.4, 0.5) is 0 Å². The molecule has 0 spiro atoms. The highest BCUT2D eigenvalue weighted by molar-refractivity contribution is 5.85. The van der Waals surface area contributed by atoms with E-state index in [1.54, 1.807) is 0 Å². The van der Waals surface area contributed by atoms with E-state index in [1.807, 2.05) is 6.92 Å². The molecule has 0 bridgehead atoms. The number of piperidine rings is 1. The first kappa shape index (κ1) is 10.9. The fourth-order valence-corrected chi connectivity index (χ4v) is 2.09. The van der Waals surface area contributed by atoms with Gasteiger partial charge in [-0.05, 0) is 25.7 Å². The molecule has 1 saturated carbocycles. The topological polar surface area (TPSA) is 77.0 Å². The Labute approximate surface area is 94.2 Å². The van der Waals surface area contributed by atoms with Crippen LogP contribution in [0.25, 0.3) is 0 Å². The first-order chi connectivity index (χ1) is 6.74. The van der Waals surface area contributed by atoms with E-state index in [1.165, 1.54) is 6.42 Å². The Morgan fingerprint density at radius 3 is 2.87 bits per heavy atom. The maximum Gasteiger partial charge on any atom is 0.243 e. The van der Waals surface area contributed by atoms with Gasteiger partial charge in [0.2, 0.25) is 5.89 Å². The van der Waals surface area contributed by atoms with Crippen molar-refractivity contribution in [3.8, 4) is 0 Å². The highest BCUT2D eigenvalue weighted by atomic mass is 35.5.